The number of hydrogen-bond donors (Lipinski definition) is 0. The molecule has 0 heteroatoms. The second-order valence-electron chi connectivity index (χ2n) is 6.60. The fraction of sp³-hybridized carbons (Fsp3) is 0.364. The Balaban J connectivity index is 2.00. The standard InChI is InChI=1S/C22H26/c1-3-4-5-10-17(2)15-22-20-13-8-6-11-18(20)16-19-12-7-9-14-21(19)22/h6-9,11-14,16-17H,3-5,10,15H2,1-2H3. The van der Waals surface area contributed by atoms with E-state index < -0.39 is 0 Å². The molecule has 0 fully saturated rings. The van der Waals surface area contributed by atoms with Gasteiger partial charge in [0.05, 0.1) is 0 Å². The van der Waals surface area contributed by atoms with Crippen LogP contribution in [-0.2, 0) is 6.42 Å². The van der Waals surface area contributed by atoms with Crippen LogP contribution in [0.5, 0.6) is 0 Å². The molecule has 3 aromatic rings. The SMILES string of the molecule is CCCCCC(C)Cc1c2ccccc2cc2ccccc12. The molecule has 0 aliphatic rings. The summed E-state index contributed by atoms with van der Waals surface area (Å²) in [6.45, 7) is 4.69. The predicted molar refractivity (Wildman–Crippen MR) is 98.5 cm³/mol. The highest BCUT2D eigenvalue weighted by Gasteiger charge is 2.11. The minimum absolute atomic E-state index is 0.751. The number of unbranched alkanes of at least 4 members (excludes halogenated alkanes) is 2. The summed E-state index contributed by atoms with van der Waals surface area (Å²) in [6, 6.07) is 20.0. The van der Waals surface area contributed by atoms with Gasteiger partial charge in [0.1, 0.15) is 0 Å². The maximum absolute atomic E-state index is 2.41. The highest BCUT2D eigenvalue weighted by Crippen LogP contribution is 2.31. The topological polar surface area (TPSA) is 0 Å². The van der Waals surface area contributed by atoms with E-state index in [0.29, 0.717) is 0 Å². The molecule has 3 rings (SSSR count). The lowest BCUT2D eigenvalue weighted by molar-refractivity contribution is 0.495. The van der Waals surface area contributed by atoms with E-state index in [4.69, 9.17) is 0 Å². The van der Waals surface area contributed by atoms with Crippen LogP contribution < -0.4 is 0 Å². The molecule has 0 saturated carbocycles. The van der Waals surface area contributed by atoms with Crippen LogP contribution in [-0.4, -0.2) is 0 Å². The van der Waals surface area contributed by atoms with Crippen LogP contribution in [0.1, 0.15) is 45.1 Å². The van der Waals surface area contributed by atoms with Crippen LogP contribution >= 0.6 is 0 Å². The van der Waals surface area contributed by atoms with Gasteiger partial charge in [0.25, 0.3) is 0 Å². The Morgan fingerprint density at radius 1 is 0.818 bits per heavy atom. The van der Waals surface area contributed by atoms with Crippen molar-refractivity contribution in [1.29, 1.82) is 0 Å². The summed E-state index contributed by atoms with van der Waals surface area (Å²) in [7, 11) is 0. The Kier molecular flexibility index (Phi) is 4.77. The Labute approximate surface area is 134 Å². The molecule has 0 aliphatic carbocycles. The molecular weight excluding hydrogens is 264 g/mol. The van der Waals surface area contributed by atoms with E-state index >= 15 is 0 Å². The van der Waals surface area contributed by atoms with Gasteiger partial charge in [-0.1, -0.05) is 88.1 Å². The third-order valence-corrected chi connectivity index (χ3v) is 4.74. The van der Waals surface area contributed by atoms with Gasteiger partial charge in [-0.05, 0) is 45.5 Å². The van der Waals surface area contributed by atoms with Crippen molar-refractivity contribution in [3.05, 3.63) is 60.2 Å². The van der Waals surface area contributed by atoms with Gasteiger partial charge in [0.2, 0.25) is 0 Å². The van der Waals surface area contributed by atoms with Gasteiger partial charge in [-0.3, -0.25) is 0 Å². The van der Waals surface area contributed by atoms with Crippen molar-refractivity contribution in [3.63, 3.8) is 0 Å². The zero-order valence-corrected chi connectivity index (χ0v) is 13.8. The first-order valence-corrected chi connectivity index (χ1v) is 8.69. The minimum Gasteiger partial charge on any atom is -0.0654 e. The molecular formula is C22H26. The number of benzene rings is 3. The van der Waals surface area contributed by atoms with Crippen molar-refractivity contribution < 1.29 is 0 Å². The van der Waals surface area contributed by atoms with E-state index in [-0.39, 0.29) is 0 Å². The molecule has 1 unspecified atom stereocenters. The smallest absolute Gasteiger partial charge is 0.0145 e. The van der Waals surface area contributed by atoms with Gasteiger partial charge >= 0.3 is 0 Å². The van der Waals surface area contributed by atoms with Gasteiger partial charge in [-0.2, -0.15) is 0 Å². The van der Waals surface area contributed by atoms with E-state index in [1.165, 1.54) is 59.2 Å². The molecule has 1 atom stereocenters. The van der Waals surface area contributed by atoms with Crippen LogP contribution in [0.25, 0.3) is 21.5 Å². The van der Waals surface area contributed by atoms with E-state index in [1.807, 2.05) is 0 Å². The monoisotopic (exact) mass is 290 g/mol. The Morgan fingerprint density at radius 3 is 2.00 bits per heavy atom. The lowest BCUT2D eigenvalue weighted by Gasteiger charge is -2.16. The van der Waals surface area contributed by atoms with Gasteiger partial charge in [0, 0.05) is 0 Å². The van der Waals surface area contributed by atoms with E-state index in [1.54, 1.807) is 0 Å². The lowest BCUT2D eigenvalue weighted by Crippen LogP contribution is -2.01. The third-order valence-electron chi connectivity index (χ3n) is 4.74. The average Bonchev–Trinajstić information content (AvgIpc) is 2.55. The second kappa shape index (κ2) is 6.96. The van der Waals surface area contributed by atoms with Crippen LogP contribution in [0.15, 0.2) is 54.6 Å². The van der Waals surface area contributed by atoms with Crippen molar-refractivity contribution in [2.75, 3.05) is 0 Å². The van der Waals surface area contributed by atoms with Crippen molar-refractivity contribution in [2.45, 2.75) is 46.0 Å². The maximum atomic E-state index is 2.41. The summed E-state index contributed by atoms with van der Waals surface area (Å²) in [5, 5.41) is 5.61. The molecule has 0 amide bonds. The first-order valence-electron chi connectivity index (χ1n) is 8.69. The second-order valence-corrected chi connectivity index (χ2v) is 6.60. The number of rotatable bonds is 6. The molecule has 114 valence electrons. The molecule has 3 aromatic carbocycles. The molecule has 0 aliphatic heterocycles. The van der Waals surface area contributed by atoms with Gasteiger partial charge in [-0.25, -0.2) is 0 Å². The fourth-order valence-corrected chi connectivity index (χ4v) is 3.52. The average molecular weight is 290 g/mol. The largest absolute Gasteiger partial charge is 0.0654 e. The highest BCUT2D eigenvalue weighted by molar-refractivity contribution is 6.02. The summed E-state index contributed by atoms with van der Waals surface area (Å²) in [6.07, 6.45) is 6.56. The zero-order valence-electron chi connectivity index (χ0n) is 13.8. The molecule has 0 N–H and O–H groups in total. The van der Waals surface area contributed by atoms with Crippen LogP contribution in [0, 0.1) is 5.92 Å². The summed E-state index contributed by atoms with van der Waals surface area (Å²) in [5.74, 6) is 0.751. The van der Waals surface area contributed by atoms with E-state index in [0.717, 1.165) is 5.92 Å². The first-order chi connectivity index (χ1) is 10.8. The van der Waals surface area contributed by atoms with Crippen molar-refractivity contribution in [2.24, 2.45) is 5.92 Å². The Bertz CT molecular complexity index is 700. The summed E-state index contributed by atoms with van der Waals surface area (Å²) >= 11 is 0. The molecule has 0 radical (unpaired) electrons. The minimum atomic E-state index is 0.751. The Morgan fingerprint density at radius 2 is 1.41 bits per heavy atom. The van der Waals surface area contributed by atoms with E-state index in [2.05, 4.69) is 68.4 Å². The molecule has 0 aromatic heterocycles. The highest BCUT2D eigenvalue weighted by atomic mass is 14.2. The molecule has 0 heterocycles. The molecule has 0 nitrogen and oxygen atoms in total. The summed E-state index contributed by atoms with van der Waals surface area (Å²) in [5.41, 5.74) is 1.54. The molecule has 0 bridgehead atoms. The maximum Gasteiger partial charge on any atom is -0.0145 e. The quantitative estimate of drug-likeness (QED) is 0.348. The molecule has 0 saturated heterocycles. The van der Waals surface area contributed by atoms with Crippen molar-refractivity contribution in [3.8, 4) is 0 Å². The van der Waals surface area contributed by atoms with Crippen molar-refractivity contribution in [1.82, 2.24) is 0 Å². The van der Waals surface area contributed by atoms with Gasteiger partial charge in [-0.15, -0.1) is 0 Å². The molecule has 0 spiro atoms. The van der Waals surface area contributed by atoms with Crippen LogP contribution in [0.3, 0.4) is 0 Å². The van der Waals surface area contributed by atoms with Gasteiger partial charge < -0.3 is 0 Å². The first kappa shape index (κ1) is 15.1. The number of hydrogen-bond acceptors (Lipinski definition) is 0. The Hall–Kier alpha value is -1.82. The normalized spacial score (nSPS) is 12.8. The third kappa shape index (κ3) is 3.16. The van der Waals surface area contributed by atoms with Crippen molar-refractivity contribution >= 4 is 21.5 Å². The molecule has 22 heavy (non-hydrogen) atoms. The lowest BCUT2D eigenvalue weighted by atomic mass is 9.89. The van der Waals surface area contributed by atoms with Crippen LogP contribution in [0.2, 0.25) is 0 Å². The number of fused-ring (bicyclic) bond motifs is 2. The summed E-state index contributed by atoms with van der Waals surface area (Å²) < 4.78 is 0. The predicted octanol–water partition coefficient (Wildman–Crippen LogP) is 6.75. The zero-order chi connectivity index (χ0) is 15.4. The van der Waals surface area contributed by atoms with E-state index in [9.17, 15) is 0 Å². The summed E-state index contributed by atoms with van der Waals surface area (Å²) in [4.78, 5) is 0. The fourth-order valence-electron chi connectivity index (χ4n) is 3.52. The van der Waals surface area contributed by atoms with Gasteiger partial charge in [0.15, 0.2) is 0 Å². The van der Waals surface area contributed by atoms with Crippen LogP contribution in [0.4, 0.5) is 0 Å².